The van der Waals surface area contributed by atoms with Gasteiger partial charge in [0.15, 0.2) is 0 Å². The molecule has 4 rings (SSSR count). The van der Waals surface area contributed by atoms with Crippen molar-refractivity contribution < 1.29 is 9.59 Å². The summed E-state index contributed by atoms with van der Waals surface area (Å²) < 4.78 is 0. The molecule has 5 nitrogen and oxygen atoms in total. The van der Waals surface area contributed by atoms with Crippen LogP contribution in [0, 0.1) is 13.8 Å². The zero-order chi connectivity index (χ0) is 24.1. The minimum atomic E-state index is -0.646. The SMILES string of the molecule is Cc1ncc(-c2ccc(C(C)(C)C(=O)Cc3ccc4c(c3)N(C)C(=O)C4(C)C)c(C)c2)cn1. The maximum atomic E-state index is 13.5. The number of aryl methyl sites for hydroxylation is 2. The highest BCUT2D eigenvalue weighted by Gasteiger charge is 2.42. The second-order valence-corrected chi connectivity index (χ2v) is 10.1. The number of amides is 1. The molecule has 0 unspecified atom stereocenters. The van der Waals surface area contributed by atoms with E-state index >= 15 is 0 Å². The van der Waals surface area contributed by atoms with E-state index in [9.17, 15) is 9.59 Å². The van der Waals surface area contributed by atoms with Crippen LogP contribution in [-0.4, -0.2) is 28.7 Å². The summed E-state index contributed by atoms with van der Waals surface area (Å²) >= 11 is 0. The lowest BCUT2D eigenvalue weighted by atomic mass is 9.76. The Morgan fingerprint density at radius 1 is 1.00 bits per heavy atom. The zero-order valence-corrected chi connectivity index (χ0v) is 20.5. The van der Waals surface area contributed by atoms with Gasteiger partial charge in [0.05, 0.1) is 5.41 Å². The fourth-order valence-electron chi connectivity index (χ4n) is 4.78. The average Bonchev–Trinajstić information content (AvgIpc) is 2.94. The maximum absolute atomic E-state index is 13.5. The van der Waals surface area contributed by atoms with Crippen molar-refractivity contribution in [2.75, 3.05) is 11.9 Å². The number of carbonyl (C=O) groups is 2. The zero-order valence-electron chi connectivity index (χ0n) is 20.5. The van der Waals surface area contributed by atoms with Crippen LogP contribution >= 0.6 is 0 Å². The number of likely N-dealkylation sites (N-methyl/N-ethyl adjacent to an activating group) is 1. The number of carbonyl (C=O) groups excluding carboxylic acids is 2. The first-order chi connectivity index (χ1) is 15.4. The summed E-state index contributed by atoms with van der Waals surface area (Å²) in [5.41, 5.74) is 5.72. The highest BCUT2D eigenvalue weighted by atomic mass is 16.2. The highest BCUT2D eigenvalue weighted by molar-refractivity contribution is 6.07. The molecule has 2 heterocycles. The molecule has 0 spiro atoms. The molecule has 2 aromatic carbocycles. The summed E-state index contributed by atoms with van der Waals surface area (Å²) in [6.07, 6.45) is 3.96. The molecule has 0 bridgehead atoms. The molecular weight excluding hydrogens is 410 g/mol. The smallest absolute Gasteiger partial charge is 0.236 e. The van der Waals surface area contributed by atoms with Crippen LogP contribution in [0.15, 0.2) is 48.8 Å². The van der Waals surface area contributed by atoms with Crippen molar-refractivity contribution in [1.29, 1.82) is 0 Å². The normalized spacial score (nSPS) is 15.0. The average molecular weight is 442 g/mol. The first kappa shape index (κ1) is 22.8. The molecule has 170 valence electrons. The van der Waals surface area contributed by atoms with Crippen molar-refractivity contribution in [2.45, 2.75) is 58.8 Å². The number of hydrogen-bond donors (Lipinski definition) is 0. The number of hydrogen-bond acceptors (Lipinski definition) is 4. The van der Waals surface area contributed by atoms with Gasteiger partial charge in [0.2, 0.25) is 5.91 Å². The number of ketones is 1. The summed E-state index contributed by atoms with van der Waals surface area (Å²) in [4.78, 5) is 36.3. The lowest BCUT2D eigenvalue weighted by Crippen LogP contribution is -2.33. The standard InChI is InChI=1S/C28H31N3O2/c1-17-12-20(21-15-29-18(2)30-16-21)9-11-22(17)27(3,4)25(32)14-19-8-10-23-24(13-19)31(7)26(33)28(23,5)6/h8-13,15-16H,14H2,1-7H3. The van der Waals surface area contributed by atoms with Gasteiger partial charge in [0.1, 0.15) is 11.6 Å². The van der Waals surface area contributed by atoms with E-state index < -0.39 is 10.8 Å². The van der Waals surface area contributed by atoms with Gasteiger partial charge in [-0.25, -0.2) is 9.97 Å². The van der Waals surface area contributed by atoms with Crippen molar-refractivity contribution in [3.8, 4) is 11.1 Å². The molecule has 0 saturated carbocycles. The Hall–Kier alpha value is -3.34. The van der Waals surface area contributed by atoms with Crippen LogP contribution in [0.1, 0.15) is 55.8 Å². The molecule has 0 aliphatic carbocycles. The molecular formula is C28H31N3O2. The molecule has 0 atom stereocenters. The van der Waals surface area contributed by atoms with Crippen LogP contribution in [-0.2, 0) is 26.8 Å². The monoisotopic (exact) mass is 441 g/mol. The largest absolute Gasteiger partial charge is 0.314 e. The molecule has 1 aliphatic rings. The van der Waals surface area contributed by atoms with Gasteiger partial charge in [-0.05, 0) is 75.4 Å². The van der Waals surface area contributed by atoms with Gasteiger partial charge in [-0.3, -0.25) is 9.59 Å². The van der Waals surface area contributed by atoms with Gasteiger partial charge in [0, 0.05) is 42.5 Å². The number of benzene rings is 2. The van der Waals surface area contributed by atoms with Crippen molar-refractivity contribution >= 4 is 17.4 Å². The fourth-order valence-corrected chi connectivity index (χ4v) is 4.78. The van der Waals surface area contributed by atoms with Crippen molar-refractivity contribution in [3.05, 3.63) is 76.9 Å². The van der Waals surface area contributed by atoms with E-state index in [0.717, 1.165) is 44.9 Å². The van der Waals surface area contributed by atoms with Crippen LogP contribution in [0.4, 0.5) is 5.69 Å². The van der Waals surface area contributed by atoms with Gasteiger partial charge < -0.3 is 4.90 Å². The number of anilines is 1. The fraction of sp³-hybridized carbons (Fsp3) is 0.357. The quantitative estimate of drug-likeness (QED) is 0.552. The highest BCUT2D eigenvalue weighted by Crippen LogP contribution is 2.41. The van der Waals surface area contributed by atoms with Gasteiger partial charge in [0.25, 0.3) is 0 Å². The van der Waals surface area contributed by atoms with E-state index in [4.69, 9.17) is 0 Å². The van der Waals surface area contributed by atoms with E-state index in [1.165, 1.54) is 0 Å². The first-order valence-electron chi connectivity index (χ1n) is 11.3. The number of fused-ring (bicyclic) bond motifs is 1. The summed E-state index contributed by atoms with van der Waals surface area (Å²) in [6, 6.07) is 12.1. The van der Waals surface area contributed by atoms with Crippen molar-refractivity contribution in [3.63, 3.8) is 0 Å². The van der Waals surface area contributed by atoms with Crippen LogP contribution < -0.4 is 4.90 Å². The van der Waals surface area contributed by atoms with E-state index in [0.29, 0.717) is 6.42 Å². The van der Waals surface area contributed by atoms with Crippen LogP contribution in [0.5, 0.6) is 0 Å². The molecule has 0 fully saturated rings. The van der Waals surface area contributed by atoms with Crippen LogP contribution in [0.25, 0.3) is 11.1 Å². The predicted octanol–water partition coefficient (Wildman–Crippen LogP) is 5.10. The minimum Gasteiger partial charge on any atom is -0.314 e. The Kier molecular flexibility index (Phi) is 5.47. The van der Waals surface area contributed by atoms with E-state index in [-0.39, 0.29) is 11.7 Å². The molecule has 33 heavy (non-hydrogen) atoms. The third-order valence-corrected chi connectivity index (χ3v) is 7.01. The topological polar surface area (TPSA) is 63.2 Å². The Balaban J connectivity index is 1.59. The molecule has 1 aromatic heterocycles. The van der Waals surface area contributed by atoms with Gasteiger partial charge in [-0.15, -0.1) is 0 Å². The number of aromatic nitrogens is 2. The molecule has 3 aromatic rings. The number of Topliss-reactive ketones (excluding diaryl/α,β-unsaturated/α-hetero) is 1. The third-order valence-electron chi connectivity index (χ3n) is 7.01. The lowest BCUT2D eigenvalue weighted by Gasteiger charge is -2.26. The lowest BCUT2D eigenvalue weighted by molar-refractivity contribution is -0.123. The summed E-state index contributed by atoms with van der Waals surface area (Å²) in [6.45, 7) is 11.8. The predicted molar refractivity (Wildman–Crippen MR) is 132 cm³/mol. The second-order valence-electron chi connectivity index (χ2n) is 10.1. The van der Waals surface area contributed by atoms with Crippen molar-refractivity contribution in [1.82, 2.24) is 9.97 Å². The molecule has 0 saturated heterocycles. The van der Waals surface area contributed by atoms with Gasteiger partial charge >= 0.3 is 0 Å². The minimum absolute atomic E-state index is 0.0796. The summed E-state index contributed by atoms with van der Waals surface area (Å²) in [7, 11) is 1.80. The van der Waals surface area contributed by atoms with E-state index in [1.54, 1.807) is 11.9 Å². The third kappa shape index (κ3) is 3.86. The van der Waals surface area contributed by atoms with Gasteiger partial charge in [-0.1, -0.05) is 30.3 Å². The van der Waals surface area contributed by atoms with Gasteiger partial charge in [-0.2, -0.15) is 0 Å². The number of nitrogens with zero attached hydrogens (tertiary/aromatic N) is 3. The Morgan fingerprint density at radius 3 is 2.30 bits per heavy atom. The second kappa shape index (κ2) is 7.91. The first-order valence-corrected chi connectivity index (χ1v) is 11.3. The molecule has 1 aliphatic heterocycles. The van der Waals surface area contributed by atoms with Crippen LogP contribution in [0.3, 0.4) is 0 Å². The number of rotatable bonds is 5. The molecule has 0 radical (unpaired) electrons. The van der Waals surface area contributed by atoms with Crippen molar-refractivity contribution in [2.24, 2.45) is 0 Å². The molecule has 0 N–H and O–H groups in total. The maximum Gasteiger partial charge on any atom is 0.236 e. The Labute approximate surface area is 195 Å². The summed E-state index contributed by atoms with van der Waals surface area (Å²) in [5.74, 6) is 0.962. The van der Waals surface area contributed by atoms with E-state index in [2.05, 4.69) is 16.0 Å². The van der Waals surface area contributed by atoms with Crippen LogP contribution in [0.2, 0.25) is 0 Å². The summed E-state index contributed by atoms with van der Waals surface area (Å²) in [5, 5.41) is 0. The Morgan fingerprint density at radius 2 is 1.67 bits per heavy atom. The molecule has 5 heteroatoms. The Bertz CT molecular complexity index is 1260. The van der Waals surface area contributed by atoms with E-state index in [1.807, 2.05) is 84.3 Å². The molecule has 1 amide bonds.